The molecular formula is C19H23N3OS2. The summed E-state index contributed by atoms with van der Waals surface area (Å²) in [7, 11) is 0. The van der Waals surface area contributed by atoms with Crippen molar-refractivity contribution in [2.24, 2.45) is 0 Å². The van der Waals surface area contributed by atoms with Crippen LogP contribution < -0.4 is 5.32 Å². The smallest absolute Gasteiger partial charge is 0.248 e. The molecule has 25 heavy (non-hydrogen) atoms. The highest BCUT2D eigenvalue weighted by molar-refractivity contribution is 7.99. The van der Waals surface area contributed by atoms with Gasteiger partial charge in [0.1, 0.15) is 0 Å². The third-order valence-electron chi connectivity index (χ3n) is 4.10. The number of amides is 1. The molecule has 1 aliphatic rings. The van der Waals surface area contributed by atoms with E-state index in [1.54, 1.807) is 17.4 Å². The number of aryl methyl sites for hydroxylation is 2. The fourth-order valence-corrected chi connectivity index (χ4v) is 4.33. The van der Waals surface area contributed by atoms with Crippen LogP contribution in [0.1, 0.15) is 21.8 Å². The van der Waals surface area contributed by atoms with Gasteiger partial charge in [0, 0.05) is 48.3 Å². The normalized spacial score (nSPS) is 15.6. The molecular weight excluding hydrogens is 350 g/mol. The van der Waals surface area contributed by atoms with Gasteiger partial charge in [-0.3, -0.25) is 9.69 Å². The number of thiazole rings is 1. The van der Waals surface area contributed by atoms with Gasteiger partial charge in [-0.05, 0) is 37.1 Å². The summed E-state index contributed by atoms with van der Waals surface area (Å²) in [5.41, 5.74) is 4.08. The second kappa shape index (κ2) is 8.65. The summed E-state index contributed by atoms with van der Waals surface area (Å²) in [5.74, 6) is 2.31. The predicted molar refractivity (Wildman–Crippen MR) is 108 cm³/mol. The van der Waals surface area contributed by atoms with Gasteiger partial charge in [0.2, 0.25) is 5.91 Å². The average Bonchev–Trinajstić information content (AvgIpc) is 3.02. The highest BCUT2D eigenvalue weighted by Crippen LogP contribution is 2.19. The zero-order valence-electron chi connectivity index (χ0n) is 14.6. The van der Waals surface area contributed by atoms with Crippen molar-refractivity contribution in [2.45, 2.75) is 20.4 Å². The number of anilines is 1. The van der Waals surface area contributed by atoms with E-state index in [-0.39, 0.29) is 5.91 Å². The summed E-state index contributed by atoms with van der Waals surface area (Å²) in [6.45, 7) is 7.29. The van der Waals surface area contributed by atoms with E-state index in [9.17, 15) is 4.79 Å². The summed E-state index contributed by atoms with van der Waals surface area (Å²) < 4.78 is 0. The number of rotatable bonds is 5. The van der Waals surface area contributed by atoms with Gasteiger partial charge in [0.15, 0.2) is 0 Å². The molecule has 1 amide bonds. The fraction of sp³-hybridized carbons (Fsp3) is 0.368. The Morgan fingerprint density at radius 3 is 2.80 bits per heavy atom. The van der Waals surface area contributed by atoms with Crippen LogP contribution in [0.15, 0.2) is 29.7 Å². The molecule has 4 nitrogen and oxygen atoms in total. The Labute approximate surface area is 157 Å². The van der Waals surface area contributed by atoms with Crippen LogP contribution in [0, 0.1) is 13.8 Å². The minimum atomic E-state index is -0.130. The van der Waals surface area contributed by atoms with E-state index in [4.69, 9.17) is 0 Å². The van der Waals surface area contributed by atoms with Crippen LogP contribution >= 0.6 is 23.1 Å². The number of nitrogens with one attached hydrogen (secondary N) is 1. The summed E-state index contributed by atoms with van der Waals surface area (Å²) >= 11 is 3.61. The standard InChI is InChI=1S/C19H23N3OS2/c1-14-11-16(12-22-7-9-24-10-8-22)3-5-18(14)21-19(23)6-4-17-13-25-15(2)20-17/h3-6,11,13H,7-10,12H2,1-2H3,(H,21,23)/b6-4-. The van der Waals surface area contributed by atoms with Crippen molar-refractivity contribution in [3.05, 3.63) is 51.5 Å². The Bertz CT molecular complexity index is 764. The van der Waals surface area contributed by atoms with E-state index in [1.165, 1.54) is 23.1 Å². The van der Waals surface area contributed by atoms with Gasteiger partial charge >= 0.3 is 0 Å². The van der Waals surface area contributed by atoms with E-state index in [1.807, 2.05) is 37.1 Å². The molecule has 0 radical (unpaired) electrons. The monoisotopic (exact) mass is 373 g/mol. The summed E-state index contributed by atoms with van der Waals surface area (Å²) in [6.07, 6.45) is 3.28. The molecule has 1 N–H and O–H groups in total. The molecule has 1 fully saturated rings. The summed E-state index contributed by atoms with van der Waals surface area (Å²) in [6, 6.07) is 6.28. The molecule has 0 saturated carbocycles. The van der Waals surface area contributed by atoms with Crippen LogP contribution in [0.5, 0.6) is 0 Å². The first-order chi connectivity index (χ1) is 12.1. The minimum Gasteiger partial charge on any atom is -0.322 e. The number of hydrogen-bond donors (Lipinski definition) is 1. The van der Waals surface area contributed by atoms with Crippen molar-refractivity contribution < 1.29 is 4.79 Å². The largest absolute Gasteiger partial charge is 0.322 e. The van der Waals surface area contributed by atoms with E-state index >= 15 is 0 Å². The van der Waals surface area contributed by atoms with Crippen molar-refractivity contribution in [1.29, 1.82) is 0 Å². The maximum Gasteiger partial charge on any atom is 0.248 e. The molecule has 0 spiro atoms. The summed E-state index contributed by atoms with van der Waals surface area (Å²) in [5, 5.41) is 5.89. The number of carbonyl (C=O) groups is 1. The van der Waals surface area contributed by atoms with Crippen LogP contribution in [0.2, 0.25) is 0 Å². The number of hydrogen-bond acceptors (Lipinski definition) is 5. The van der Waals surface area contributed by atoms with Crippen molar-refractivity contribution in [2.75, 3.05) is 29.9 Å². The molecule has 1 aromatic heterocycles. The Morgan fingerprint density at radius 1 is 1.32 bits per heavy atom. The number of thioether (sulfide) groups is 1. The molecule has 0 unspecified atom stereocenters. The highest BCUT2D eigenvalue weighted by atomic mass is 32.2. The third kappa shape index (κ3) is 5.42. The molecule has 1 aromatic carbocycles. The van der Waals surface area contributed by atoms with Crippen molar-refractivity contribution >= 4 is 40.8 Å². The van der Waals surface area contributed by atoms with Crippen molar-refractivity contribution in [3.63, 3.8) is 0 Å². The lowest BCUT2D eigenvalue weighted by atomic mass is 10.1. The third-order valence-corrected chi connectivity index (χ3v) is 5.84. The average molecular weight is 374 g/mol. The molecule has 0 aliphatic carbocycles. The molecule has 6 heteroatoms. The molecule has 2 aromatic rings. The van der Waals surface area contributed by atoms with E-state index in [0.29, 0.717) is 0 Å². The topological polar surface area (TPSA) is 45.2 Å². The minimum absolute atomic E-state index is 0.130. The van der Waals surface area contributed by atoms with Gasteiger partial charge in [-0.2, -0.15) is 11.8 Å². The van der Waals surface area contributed by atoms with E-state index in [2.05, 4.69) is 27.3 Å². The fourth-order valence-electron chi connectivity index (χ4n) is 2.77. The van der Waals surface area contributed by atoms with Gasteiger partial charge in [0.25, 0.3) is 0 Å². The lowest BCUT2D eigenvalue weighted by Gasteiger charge is -2.26. The lowest BCUT2D eigenvalue weighted by Crippen LogP contribution is -2.31. The van der Waals surface area contributed by atoms with E-state index in [0.717, 1.165) is 41.6 Å². The number of carbonyl (C=O) groups excluding carboxylic acids is 1. The SMILES string of the molecule is Cc1nc(/C=C\C(=O)Nc2ccc(CN3CCSCC3)cc2C)cs1. The molecule has 132 valence electrons. The number of benzene rings is 1. The van der Waals surface area contributed by atoms with Gasteiger partial charge in [-0.25, -0.2) is 4.98 Å². The lowest BCUT2D eigenvalue weighted by molar-refractivity contribution is -0.111. The molecule has 3 rings (SSSR count). The molecule has 0 atom stereocenters. The Balaban J connectivity index is 1.58. The zero-order chi connectivity index (χ0) is 17.6. The van der Waals surface area contributed by atoms with Gasteiger partial charge in [-0.15, -0.1) is 11.3 Å². The quantitative estimate of drug-likeness (QED) is 0.806. The number of aromatic nitrogens is 1. The molecule has 0 bridgehead atoms. The van der Waals surface area contributed by atoms with Crippen LogP contribution in [0.4, 0.5) is 5.69 Å². The second-order valence-electron chi connectivity index (χ2n) is 6.15. The first kappa shape index (κ1) is 18.2. The van der Waals surface area contributed by atoms with Crippen LogP contribution in [0.3, 0.4) is 0 Å². The van der Waals surface area contributed by atoms with E-state index < -0.39 is 0 Å². The maximum atomic E-state index is 12.1. The second-order valence-corrected chi connectivity index (χ2v) is 8.44. The van der Waals surface area contributed by atoms with Gasteiger partial charge in [-0.1, -0.05) is 12.1 Å². The van der Waals surface area contributed by atoms with Crippen molar-refractivity contribution in [1.82, 2.24) is 9.88 Å². The first-order valence-corrected chi connectivity index (χ1v) is 10.4. The molecule has 2 heterocycles. The Morgan fingerprint density at radius 2 is 2.12 bits per heavy atom. The Kier molecular flexibility index (Phi) is 6.29. The van der Waals surface area contributed by atoms with Crippen LogP contribution in [0.25, 0.3) is 6.08 Å². The van der Waals surface area contributed by atoms with Crippen LogP contribution in [-0.4, -0.2) is 40.4 Å². The molecule has 1 saturated heterocycles. The maximum absolute atomic E-state index is 12.1. The predicted octanol–water partition coefficient (Wildman–Crippen LogP) is 3.96. The number of nitrogens with zero attached hydrogens (tertiary/aromatic N) is 2. The van der Waals surface area contributed by atoms with Gasteiger partial charge < -0.3 is 5.32 Å². The van der Waals surface area contributed by atoms with Crippen LogP contribution in [-0.2, 0) is 11.3 Å². The highest BCUT2D eigenvalue weighted by Gasteiger charge is 2.11. The Hall–Kier alpha value is -1.63. The molecule has 1 aliphatic heterocycles. The van der Waals surface area contributed by atoms with Gasteiger partial charge in [0.05, 0.1) is 10.7 Å². The van der Waals surface area contributed by atoms with Crippen molar-refractivity contribution in [3.8, 4) is 0 Å². The summed E-state index contributed by atoms with van der Waals surface area (Å²) in [4.78, 5) is 18.9. The first-order valence-electron chi connectivity index (χ1n) is 8.41. The zero-order valence-corrected chi connectivity index (χ0v) is 16.3.